The first-order chi connectivity index (χ1) is 9.69. The van der Waals surface area contributed by atoms with Crippen molar-refractivity contribution in [2.75, 3.05) is 33.4 Å². The Morgan fingerprint density at radius 1 is 1.40 bits per heavy atom. The molecule has 20 heavy (non-hydrogen) atoms. The highest BCUT2D eigenvalue weighted by atomic mass is 16.5. The van der Waals surface area contributed by atoms with Crippen molar-refractivity contribution in [1.29, 1.82) is 0 Å². The minimum atomic E-state index is -0.921. The van der Waals surface area contributed by atoms with Crippen LogP contribution in [0.3, 0.4) is 0 Å². The molecule has 1 heterocycles. The molecule has 1 aromatic rings. The molecule has 1 saturated heterocycles. The first-order valence-electron chi connectivity index (χ1n) is 6.90. The number of likely N-dealkylation sites (tertiary alicyclic amines) is 1. The summed E-state index contributed by atoms with van der Waals surface area (Å²) in [5.74, 6) is -0.217. The van der Waals surface area contributed by atoms with Crippen LogP contribution in [0.4, 0.5) is 0 Å². The van der Waals surface area contributed by atoms with Gasteiger partial charge in [-0.2, -0.15) is 0 Å². The highest BCUT2D eigenvalue weighted by Crippen LogP contribution is 2.14. The molecule has 0 spiro atoms. The van der Waals surface area contributed by atoms with Crippen LogP contribution in [-0.2, 0) is 4.74 Å². The van der Waals surface area contributed by atoms with Crippen LogP contribution >= 0.6 is 0 Å². The largest absolute Gasteiger partial charge is 0.492 e. The number of piperidine rings is 1. The Morgan fingerprint density at radius 2 is 2.15 bits per heavy atom. The second-order valence-electron chi connectivity index (χ2n) is 4.98. The lowest BCUT2D eigenvalue weighted by molar-refractivity contribution is 0.0272. The zero-order chi connectivity index (χ0) is 14.4. The van der Waals surface area contributed by atoms with Gasteiger partial charge in [-0.3, -0.25) is 4.90 Å². The van der Waals surface area contributed by atoms with Gasteiger partial charge in [-0.15, -0.1) is 0 Å². The monoisotopic (exact) mass is 279 g/mol. The van der Waals surface area contributed by atoms with Crippen LogP contribution in [0.25, 0.3) is 0 Å². The van der Waals surface area contributed by atoms with E-state index in [0.717, 1.165) is 32.5 Å². The van der Waals surface area contributed by atoms with Crippen LogP contribution < -0.4 is 4.74 Å². The summed E-state index contributed by atoms with van der Waals surface area (Å²) < 4.78 is 11.0. The molecule has 1 N–H and O–H groups in total. The lowest BCUT2D eigenvalue weighted by atomic mass is 10.1. The standard InChI is InChI=1S/C15H21NO4/c1-19-14-3-2-8-16(11-14)9-10-20-13-6-4-12(5-7-13)15(17)18/h4-7,14H,2-3,8-11H2,1H3,(H,17,18). The number of nitrogens with zero attached hydrogens (tertiary/aromatic N) is 1. The molecule has 1 unspecified atom stereocenters. The van der Waals surface area contributed by atoms with Gasteiger partial charge in [-0.25, -0.2) is 4.79 Å². The van der Waals surface area contributed by atoms with E-state index in [-0.39, 0.29) is 5.56 Å². The van der Waals surface area contributed by atoms with Crippen LogP contribution in [0.15, 0.2) is 24.3 Å². The van der Waals surface area contributed by atoms with Gasteiger partial charge in [0.05, 0.1) is 11.7 Å². The van der Waals surface area contributed by atoms with Gasteiger partial charge in [0.1, 0.15) is 12.4 Å². The summed E-state index contributed by atoms with van der Waals surface area (Å²) in [6, 6.07) is 6.49. The van der Waals surface area contributed by atoms with Gasteiger partial charge in [0.2, 0.25) is 0 Å². The van der Waals surface area contributed by atoms with Gasteiger partial charge in [-0.05, 0) is 43.7 Å². The molecule has 0 bridgehead atoms. The number of hydrogen-bond acceptors (Lipinski definition) is 4. The quantitative estimate of drug-likeness (QED) is 0.861. The Hall–Kier alpha value is -1.59. The predicted molar refractivity (Wildman–Crippen MR) is 75.4 cm³/mol. The molecule has 0 radical (unpaired) electrons. The zero-order valence-corrected chi connectivity index (χ0v) is 11.7. The summed E-state index contributed by atoms with van der Waals surface area (Å²) >= 11 is 0. The molecule has 0 aliphatic carbocycles. The lowest BCUT2D eigenvalue weighted by Crippen LogP contribution is -2.41. The molecule has 1 aliphatic rings. The van der Waals surface area contributed by atoms with Crippen molar-refractivity contribution in [3.05, 3.63) is 29.8 Å². The zero-order valence-electron chi connectivity index (χ0n) is 11.7. The smallest absolute Gasteiger partial charge is 0.335 e. The minimum absolute atomic E-state index is 0.274. The van der Waals surface area contributed by atoms with Crippen LogP contribution in [0.5, 0.6) is 5.75 Å². The average molecular weight is 279 g/mol. The molecule has 1 aromatic carbocycles. The third kappa shape index (κ3) is 4.21. The molecule has 5 nitrogen and oxygen atoms in total. The summed E-state index contributed by atoms with van der Waals surface area (Å²) in [5.41, 5.74) is 0.274. The third-order valence-electron chi connectivity index (χ3n) is 3.57. The fourth-order valence-electron chi connectivity index (χ4n) is 2.39. The van der Waals surface area contributed by atoms with Crippen molar-refractivity contribution in [2.24, 2.45) is 0 Å². The van der Waals surface area contributed by atoms with Crippen molar-refractivity contribution in [3.8, 4) is 5.75 Å². The van der Waals surface area contributed by atoms with Crippen LogP contribution in [-0.4, -0.2) is 55.4 Å². The number of benzene rings is 1. The Labute approximate surface area is 119 Å². The van der Waals surface area contributed by atoms with Crippen molar-refractivity contribution in [3.63, 3.8) is 0 Å². The number of methoxy groups -OCH3 is 1. The van der Waals surface area contributed by atoms with Crippen LogP contribution in [0.2, 0.25) is 0 Å². The highest BCUT2D eigenvalue weighted by molar-refractivity contribution is 5.87. The van der Waals surface area contributed by atoms with E-state index in [2.05, 4.69) is 4.90 Å². The van der Waals surface area contributed by atoms with Crippen molar-refractivity contribution in [1.82, 2.24) is 4.90 Å². The normalized spacial score (nSPS) is 19.8. The first-order valence-corrected chi connectivity index (χ1v) is 6.90. The van der Waals surface area contributed by atoms with E-state index in [1.165, 1.54) is 0 Å². The number of carboxylic acid groups (broad SMARTS) is 1. The molecule has 0 amide bonds. The molecular weight excluding hydrogens is 258 g/mol. The molecule has 1 atom stereocenters. The fraction of sp³-hybridized carbons (Fsp3) is 0.533. The number of hydrogen-bond donors (Lipinski definition) is 1. The van der Waals surface area contributed by atoms with Gasteiger partial charge in [-0.1, -0.05) is 0 Å². The molecule has 0 saturated carbocycles. The molecule has 0 aromatic heterocycles. The predicted octanol–water partition coefficient (Wildman–Crippen LogP) is 1.87. The van der Waals surface area contributed by atoms with Crippen molar-refractivity contribution < 1.29 is 19.4 Å². The fourth-order valence-corrected chi connectivity index (χ4v) is 2.39. The molecule has 110 valence electrons. The van der Waals surface area contributed by atoms with E-state index in [9.17, 15) is 4.79 Å². The van der Waals surface area contributed by atoms with Gasteiger partial charge < -0.3 is 14.6 Å². The Kier molecular flexibility index (Phi) is 5.38. The van der Waals surface area contributed by atoms with E-state index in [1.807, 2.05) is 0 Å². The summed E-state index contributed by atoms with van der Waals surface area (Å²) in [6.45, 7) is 3.50. The third-order valence-corrected chi connectivity index (χ3v) is 3.57. The van der Waals surface area contributed by atoms with E-state index < -0.39 is 5.97 Å². The van der Waals surface area contributed by atoms with Gasteiger partial charge >= 0.3 is 5.97 Å². The van der Waals surface area contributed by atoms with Crippen LogP contribution in [0.1, 0.15) is 23.2 Å². The van der Waals surface area contributed by atoms with E-state index in [0.29, 0.717) is 18.5 Å². The Bertz CT molecular complexity index is 432. The van der Waals surface area contributed by atoms with E-state index >= 15 is 0 Å². The van der Waals surface area contributed by atoms with Gasteiger partial charge in [0.25, 0.3) is 0 Å². The summed E-state index contributed by atoms with van der Waals surface area (Å²) in [4.78, 5) is 13.1. The maximum absolute atomic E-state index is 10.7. The van der Waals surface area contributed by atoms with E-state index in [4.69, 9.17) is 14.6 Å². The highest BCUT2D eigenvalue weighted by Gasteiger charge is 2.18. The van der Waals surface area contributed by atoms with Gasteiger partial charge in [0, 0.05) is 20.2 Å². The maximum atomic E-state index is 10.7. The van der Waals surface area contributed by atoms with Crippen molar-refractivity contribution in [2.45, 2.75) is 18.9 Å². The molecule has 2 rings (SSSR count). The number of carbonyl (C=O) groups is 1. The summed E-state index contributed by atoms with van der Waals surface area (Å²) in [5, 5.41) is 8.81. The summed E-state index contributed by atoms with van der Waals surface area (Å²) in [7, 11) is 1.76. The van der Waals surface area contributed by atoms with Crippen LogP contribution in [0, 0.1) is 0 Å². The molecule has 1 aliphatic heterocycles. The number of ether oxygens (including phenoxy) is 2. The van der Waals surface area contributed by atoms with Crippen molar-refractivity contribution >= 4 is 5.97 Å². The number of rotatable bonds is 6. The Balaban J connectivity index is 1.74. The second-order valence-corrected chi connectivity index (χ2v) is 4.98. The maximum Gasteiger partial charge on any atom is 0.335 e. The van der Waals surface area contributed by atoms with E-state index in [1.54, 1.807) is 31.4 Å². The average Bonchev–Trinajstić information content (AvgIpc) is 2.48. The number of aromatic carboxylic acids is 1. The molecular formula is C15H21NO4. The first kappa shape index (κ1) is 14.8. The minimum Gasteiger partial charge on any atom is -0.492 e. The molecule has 1 fully saturated rings. The topological polar surface area (TPSA) is 59.0 Å². The lowest BCUT2D eigenvalue weighted by Gasteiger charge is -2.31. The SMILES string of the molecule is COC1CCCN(CCOc2ccc(C(=O)O)cc2)C1. The Morgan fingerprint density at radius 3 is 2.80 bits per heavy atom. The molecule has 5 heteroatoms. The number of carboxylic acids is 1. The second kappa shape index (κ2) is 7.26. The summed E-state index contributed by atoms with van der Waals surface area (Å²) in [6.07, 6.45) is 2.62. The van der Waals surface area contributed by atoms with Gasteiger partial charge in [0.15, 0.2) is 0 Å².